The monoisotopic (exact) mass is 281 g/mol. The van der Waals surface area contributed by atoms with Gasteiger partial charge in [0.05, 0.1) is 11.5 Å². The number of nitrogens with one attached hydrogen (secondary N) is 1. The molecule has 1 amide bonds. The van der Waals surface area contributed by atoms with Crippen molar-refractivity contribution >= 4 is 15.7 Å². The van der Waals surface area contributed by atoms with Crippen LogP contribution < -0.4 is 5.32 Å². The Morgan fingerprint density at radius 2 is 2.00 bits per heavy atom. The maximum Gasteiger partial charge on any atom is 0.220 e. The van der Waals surface area contributed by atoms with Crippen LogP contribution in [0.2, 0.25) is 0 Å². The van der Waals surface area contributed by atoms with Crippen molar-refractivity contribution in [3.05, 3.63) is 35.4 Å². The Kier molecular flexibility index (Phi) is 4.24. The van der Waals surface area contributed by atoms with Crippen molar-refractivity contribution in [3.63, 3.8) is 0 Å². The molecule has 104 valence electrons. The molecule has 1 saturated heterocycles. The zero-order valence-electron chi connectivity index (χ0n) is 11.1. The number of aryl methyl sites for hydroxylation is 1. The molecule has 0 bridgehead atoms. The molecule has 1 aliphatic heterocycles. The normalized spacial score (nSPS) is 21.2. The van der Waals surface area contributed by atoms with E-state index < -0.39 is 9.84 Å². The van der Waals surface area contributed by atoms with Crippen molar-refractivity contribution in [2.24, 2.45) is 5.92 Å². The van der Waals surface area contributed by atoms with Crippen molar-refractivity contribution in [2.75, 3.05) is 11.5 Å². The molecule has 19 heavy (non-hydrogen) atoms. The van der Waals surface area contributed by atoms with E-state index in [4.69, 9.17) is 0 Å². The van der Waals surface area contributed by atoms with Gasteiger partial charge >= 0.3 is 0 Å². The number of hydrogen-bond acceptors (Lipinski definition) is 3. The number of benzene rings is 1. The first kappa shape index (κ1) is 14.1. The van der Waals surface area contributed by atoms with Crippen LogP contribution in [0.3, 0.4) is 0 Å². The Morgan fingerprint density at radius 3 is 2.58 bits per heavy atom. The van der Waals surface area contributed by atoms with Gasteiger partial charge < -0.3 is 5.32 Å². The van der Waals surface area contributed by atoms with E-state index in [0.29, 0.717) is 19.4 Å². The van der Waals surface area contributed by atoms with Crippen molar-refractivity contribution in [1.29, 1.82) is 0 Å². The summed E-state index contributed by atoms with van der Waals surface area (Å²) in [4.78, 5) is 11.7. The lowest BCUT2D eigenvalue weighted by molar-refractivity contribution is -0.122. The number of carbonyl (C=O) groups is 1. The van der Waals surface area contributed by atoms with E-state index >= 15 is 0 Å². The largest absolute Gasteiger partial charge is 0.352 e. The first-order valence-electron chi connectivity index (χ1n) is 6.47. The molecular weight excluding hydrogens is 262 g/mol. The van der Waals surface area contributed by atoms with E-state index in [1.807, 2.05) is 31.2 Å². The van der Waals surface area contributed by atoms with Gasteiger partial charge in [-0.25, -0.2) is 8.42 Å². The van der Waals surface area contributed by atoms with Crippen LogP contribution in [0.1, 0.15) is 24.0 Å². The van der Waals surface area contributed by atoms with Crippen LogP contribution in [-0.4, -0.2) is 25.8 Å². The second kappa shape index (κ2) is 5.74. The summed E-state index contributed by atoms with van der Waals surface area (Å²) in [5.74, 6) is 0.305. The third-order valence-electron chi connectivity index (χ3n) is 3.41. The SMILES string of the molecule is Cc1ccc(CNC(=O)CC2CCS(=O)(=O)C2)cc1. The second-order valence-corrected chi connectivity index (χ2v) is 7.46. The minimum absolute atomic E-state index is 0.0111. The summed E-state index contributed by atoms with van der Waals surface area (Å²) in [6.45, 7) is 2.52. The van der Waals surface area contributed by atoms with E-state index in [2.05, 4.69) is 5.32 Å². The topological polar surface area (TPSA) is 63.2 Å². The van der Waals surface area contributed by atoms with Crippen LogP contribution >= 0.6 is 0 Å². The number of hydrogen-bond donors (Lipinski definition) is 1. The highest BCUT2D eigenvalue weighted by molar-refractivity contribution is 7.91. The molecule has 1 atom stereocenters. The van der Waals surface area contributed by atoms with E-state index in [-0.39, 0.29) is 23.3 Å². The van der Waals surface area contributed by atoms with Gasteiger partial charge in [-0.15, -0.1) is 0 Å². The van der Waals surface area contributed by atoms with Gasteiger partial charge in [0.1, 0.15) is 0 Å². The molecule has 1 unspecified atom stereocenters. The molecule has 2 rings (SSSR count). The zero-order chi connectivity index (χ0) is 13.9. The summed E-state index contributed by atoms with van der Waals surface area (Å²) < 4.78 is 22.6. The van der Waals surface area contributed by atoms with E-state index in [0.717, 1.165) is 5.56 Å². The molecule has 0 saturated carbocycles. The Hall–Kier alpha value is -1.36. The van der Waals surface area contributed by atoms with Crippen molar-refractivity contribution < 1.29 is 13.2 Å². The average Bonchev–Trinajstić information content (AvgIpc) is 2.68. The first-order chi connectivity index (χ1) is 8.94. The zero-order valence-corrected chi connectivity index (χ0v) is 11.9. The van der Waals surface area contributed by atoms with Crippen LogP contribution in [-0.2, 0) is 21.2 Å². The maximum absolute atomic E-state index is 11.7. The highest BCUT2D eigenvalue weighted by Gasteiger charge is 2.29. The van der Waals surface area contributed by atoms with Crippen LogP contribution in [0.25, 0.3) is 0 Å². The standard InChI is InChI=1S/C14H19NO3S/c1-11-2-4-12(5-3-11)9-15-14(16)8-13-6-7-19(17,18)10-13/h2-5,13H,6-10H2,1H3,(H,15,16). The molecule has 5 heteroatoms. The third kappa shape index (κ3) is 4.35. The van der Waals surface area contributed by atoms with E-state index in [1.54, 1.807) is 0 Å². The van der Waals surface area contributed by atoms with Gasteiger partial charge in [0.25, 0.3) is 0 Å². The predicted octanol–water partition coefficient (Wildman–Crippen LogP) is 1.44. The summed E-state index contributed by atoms with van der Waals surface area (Å²) in [6, 6.07) is 7.97. The lowest BCUT2D eigenvalue weighted by Gasteiger charge is -2.09. The molecule has 1 aromatic rings. The Balaban J connectivity index is 1.77. The van der Waals surface area contributed by atoms with Gasteiger partial charge in [-0.05, 0) is 24.8 Å². The summed E-state index contributed by atoms with van der Waals surface area (Å²) in [5.41, 5.74) is 2.24. The maximum atomic E-state index is 11.7. The summed E-state index contributed by atoms with van der Waals surface area (Å²) in [6.07, 6.45) is 0.922. The molecule has 1 aliphatic rings. The first-order valence-corrected chi connectivity index (χ1v) is 8.29. The predicted molar refractivity (Wildman–Crippen MR) is 74.4 cm³/mol. The molecule has 0 aliphatic carbocycles. The fraction of sp³-hybridized carbons (Fsp3) is 0.500. The fourth-order valence-electron chi connectivity index (χ4n) is 2.27. The molecule has 4 nitrogen and oxygen atoms in total. The number of amides is 1. The highest BCUT2D eigenvalue weighted by Crippen LogP contribution is 2.21. The van der Waals surface area contributed by atoms with E-state index in [9.17, 15) is 13.2 Å². The molecule has 1 fully saturated rings. The summed E-state index contributed by atoms with van der Waals surface area (Å²) in [7, 11) is -2.89. The summed E-state index contributed by atoms with van der Waals surface area (Å²) in [5, 5.41) is 2.84. The fourth-order valence-corrected chi connectivity index (χ4v) is 4.14. The average molecular weight is 281 g/mol. The number of rotatable bonds is 4. The van der Waals surface area contributed by atoms with Gasteiger partial charge in [-0.1, -0.05) is 29.8 Å². The van der Waals surface area contributed by atoms with Crippen molar-refractivity contribution in [2.45, 2.75) is 26.3 Å². The third-order valence-corrected chi connectivity index (χ3v) is 5.25. The van der Waals surface area contributed by atoms with Gasteiger partial charge in [0.15, 0.2) is 9.84 Å². The van der Waals surface area contributed by atoms with Gasteiger partial charge in [-0.2, -0.15) is 0 Å². The van der Waals surface area contributed by atoms with Crippen molar-refractivity contribution in [1.82, 2.24) is 5.32 Å². The molecule has 1 heterocycles. The highest BCUT2D eigenvalue weighted by atomic mass is 32.2. The Bertz CT molecular complexity index is 549. The van der Waals surface area contributed by atoms with Gasteiger partial charge in [0.2, 0.25) is 5.91 Å². The summed E-state index contributed by atoms with van der Waals surface area (Å²) >= 11 is 0. The van der Waals surface area contributed by atoms with Crippen LogP contribution in [0, 0.1) is 12.8 Å². The Labute approximate surface area is 114 Å². The van der Waals surface area contributed by atoms with Crippen molar-refractivity contribution in [3.8, 4) is 0 Å². The molecule has 1 N–H and O–H groups in total. The lowest BCUT2D eigenvalue weighted by atomic mass is 10.0. The van der Waals surface area contributed by atoms with E-state index in [1.165, 1.54) is 5.56 Å². The van der Waals surface area contributed by atoms with Crippen LogP contribution in [0.4, 0.5) is 0 Å². The number of carbonyl (C=O) groups excluding carboxylic acids is 1. The molecule has 0 radical (unpaired) electrons. The molecular formula is C14H19NO3S. The quantitative estimate of drug-likeness (QED) is 0.908. The van der Waals surface area contributed by atoms with Gasteiger partial charge in [0, 0.05) is 13.0 Å². The Morgan fingerprint density at radius 1 is 1.32 bits per heavy atom. The van der Waals surface area contributed by atoms with Crippen LogP contribution in [0.15, 0.2) is 24.3 Å². The molecule has 1 aromatic carbocycles. The van der Waals surface area contributed by atoms with Gasteiger partial charge in [-0.3, -0.25) is 4.79 Å². The van der Waals surface area contributed by atoms with Crippen LogP contribution in [0.5, 0.6) is 0 Å². The lowest BCUT2D eigenvalue weighted by Crippen LogP contribution is -2.25. The smallest absolute Gasteiger partial charge is 0.220 e. The minimum atomic E-state index is -2.89. The molecule has 0 aromatic heterocycles. The minimum Gasteiger partial charge on any atom is -0.352 e. The second-order valence-electron chi connectivity index (χ2n) is 5.24. The number of sulfone groups is 1. The molecule has 0 spiro atoms.